The Bertz CT molecular complexity index is 841. The number of Topliss-reactive ketones (excluding diaryl/α,β-unsaturated/α-hetero) is 1. The van der Waals surface area contributed by atoms with Crippen molar-refractivity contribution in [1.29, 1.82) is 0 Å². The second kappa shape index (κ2) is 8.97. The Labute approximate surface area is 164 Å². The molecule has 1 heterocycles. The highest BCUT2D eigenvalue weighted by atomic mass is 19.1. The molecular formula is C22H25FN2O3. The lowest BCUT2D eigenvalue weighted by atomic mass is 10.0. The zero-order valence-electron chi connectivity index (χ0n) is 16.2. The van der Waals surface area contributed by atoms with E-state index in [0.29, 0.717) is 19.6 Å². The fourth-order valence-electron chi connectivity index (χ4n) is 3.61. The fourth-order valence-corrected chi connectivity index (χ4v) is 3.61. The number of hydrogen-bond acceptors (Lipinski definition) is 4. The van der Waals surface area contributed by atoms with Crippen molar-refractivity contribution in [1.82, 2.24) is 9.80 Å². The topological polar surface area (TPSA) is 49.9 Å². The number of halogens is 1. The SMILES string of the molecule is CCC1CN(C(=O)C(=O)c2cc(F)ccc2OC)CCN1Cc1ccccc1. The van der Waals surface area contributed by atoms with Gasteiger partial charge in [-0.1, -0.05) is 37.3 Å². The monoisotopic (exact) mass is 384 g/mol. The number of amides is 1. The van der Waals surface area contributed by atoms with Crippen molar-refractivity contribution in [2.24, 2.45) is 0 Å². The van der Waals surface area contributed by atoms with Crippen molar-refractivity contribution < 1.29 is 18.7 Å². The summed E-state index contributed by atoms with van der Waals surface area (Å²) in [6.07, 6.45) is 0.869. The molecule has 0 aromatic heterocycles. The van der Waals surface area contributed by atoms with Crippen LogP contribution < -0.4 is 4.74 Å². The predicted octanol–water partition coefficient (Wildman–Crippen LogP) is 3.14. The Balaban J connectivity index is 1.70. The summed E-state index contributed by atoms with van der Waals surface area (Å²) in [7, 11) is 1.39. The molecule has 1 aliphatic heterocycles. The molecule has 148 valence electrons. The lowest BCUT2D eigenvalue weighted by molar-refractivity contribution is -0.129. The van der Waals surface area contributed by atoms with Crippen LogP contribution in [0, 0.1) is 5.82 Å². The molecule has 1 saturated heterocycles. The van der Waals surface area contributed by atoms with Gasteiger partial charge in [-0.05, 0) is 30.2 Å². The van der Waals surface area contributed by atoms with Crippen LogP contribution in [0.15, 0.2) is 48.5 Å². The maximum Gasteiger partial charge on any atom is 0.295 e. The molecule has 2 aromatic carbocycles. The van der Waals surface area contributed by atoms with Gasteiger partial charge in [-0.2, -0.15) is 0 Å². The van der Waals surface area contributed by atoms with E-state index in [2.05, 4.69) is 24.0 Å². The first-order valence-electron chi connectivity index (χ1n) is 9.48. The summed E-state index contributed by atoms with van der Waals surface area (Å²) in [5.74, 6) is -1.71. The van der Waals surface area contributed by atoms with E-state index in [9.17, 15) is 14.0 Å². The Morgan fingerprint density at radius 2 is 1.89 bits per heavy atom. The Hall–Kier alpha value is -2.73. The highest BCUT2D eigenvalue weighted by Crippen LogP contribution is 2.22. The third-order valence-electron chi connectivity index (χ3n) is 5.19. The quantitative estimate of drug-likeness (QED) is 0.567. The zero-order valence-corrected chi connectivity index (χ0v) is 16.2. The first-order valence-corrected chi connectivity index (χ1v) is 9.48. The Kier molecular flexibility index (Phi) is 6.41. The summed E-state index contributed by atoms with van der Waals surface area (Å²) in [6, 6.07) is 14.0. The molecule has 0 radical (unpaired) electrons. The van der Waals surface area contributed by atoms with Crippen molar-refractivity contribution in [3.05, 3.63) is 65.5 Å². The molecule has 1 fully saturated rings. The van der Waals surface area contributed by atoms with Crippen molar-refractivity contribution in [3.63, 3.8) is 0 Å². The van der Waals surface area contributed by atoms with Crippen molar-refractivity contribution in [2.45, 2.75) is 25.9 Å². The number of ketones is 1. The van der Waals surface area contributed by atoms with Gasteiger partial charge in [0.05, 0.1) is 12.7 Å². The summed E-state index contributed by atoms with van der Waals surface area (Å²) in [5.41, 5.74) is 1.19. The maximum absolute atomic E-state index is 13.6. The summed E-state index contributed by atoms with van der Waals surface area (Å²) in [5, 5.41) is 0. The van der Waals surface area contributed by atoms with Crippen LogP contribution in [-0.4, -0.2) is 54.3 Å². The zero-order chi connectivity index (χ0) is 20.1. The van der Waals surface area contributed by atoms with E-state index in [1.165, 1.54) is 24.8 Å². The maximum atomic E-state index is 13.6. The normalized spacial score (nSPS) is 17.4. The minimum atomic E-state index is -0.734. The van der Waals surface area contributed by atoms with E-state index in [1.54, 1.807) is 4.90 Å². The summed E-state index contributed by atoms with van der Waals surface area (Å²) in [4.78, 5) is 29.4. The van der Waals surface area contributed by atoms with E-state index < -0.39 is 17.5 Å². The molecule has 1 atom stereocenters. The molecule has 1 aliphatic rings. The molecule has 1 amide bonds. The van der Waals surface area contributed by atoms with Gasteiger partial charge in [0, 0.05) is 32.2 Å². The van der Waals surface area contributed by atoms with Gasteiger partial charge in [0.25, 0.3) is 11.7 Å². The first kappa shape index (κ1) is 20.0. The smallest absolute Gasteiger partial charge is 0.295 e. The van der Waals surface area contributed by atoms with Gasteiger partial charge in [0.2, 0.25) is 0 Å². The van der Waals surface area contributed by atoms with Gasteiger partial charge in [0.1, 0.15) is 11.6 Å². The van der Waals surface area contributed by atoms with Gasteiger partial charge in [-0.3, -0.25) is 14.5 Å². The van der Waals surface area contributed by atoms with E-state index in [1.807, 2.05) is 18.2 Å². The summed E-state index contributed by atoms with van der Waals surface area (Å²) < 4.78 is 18.7. The van der Waals surface area contributed by atoms with Gasteiger partial charge in [0.15, 0.2) is 0 Å². The number of carbonyl (C=O) groups excluding carboxylic acids is 2. The van der Waals surface area contributed by atoms with E-state index >= 15 is 0 Å². The second-order valence-electron chi connectivity index (χ2n) is 6.94. The average molecular weight is 384 g/mol. The molecule has 2 aromatic rings. The highest BCUT2D eigenvalue weighted by molar-refractivity contribution is 6.43. The minimum absolute atomic E-state index is 0.0349. The number of nitrogens with zero attached hydrogens (tertiary/aromatic N) is 2. The number of methoxy groups -OCH3 is 1. The number of carbonyl (C=O) groups is 2. The van der Waals surface area contributed by atoms with Crippen LogP contribution in [0.2, 0.25) is 0 Å². The number of hydrogen-bond donors (Lipinski definition) is 0. The molecule has 0 bridgehead atoms. The van der Waals surface area contributed by atoms with Crippen LogP contribution in [0.5, 0.6) is 5.75 Å². The lowest BCUT2D eigenvalue weighted by Gasteiger charge is -2.41. The number of rotatable bonds is 6. The molecule has 0 spiro atoms. The Morgan fingerprint density at radius 1 is 1.14 bits per heavy atom. The third kappa shape index (κ3) is 4.39. The van der Waals surface area contributed by atoms with Crippen LogP contribution in [0.4, 0.5) is 4.39 Å². The predicted molar refractivity (Wildman–Crippen MR) is 105 cm³/mol. The molecule has 0 aliphatic carbocycles. The van der Waals surface area contributed by atoms with Crippen molar-refractivity contribution in [2.75, 3.05) is 26.7 Å². The largest absolute Gasteiger partial charge is 0.496 e. The molecule has 3 rings (SSSR count). The molecule has 5 nitrogen and oxygen atoms in total. The van der Waals surface area contributed by atoms with Gasteiger partial charge in [-0.15, -0.1) is 0 Å². The second-order valence-corrected chi connectivity index (χ2v) is 6.94. The standard InChI is InChI=1S/C22H25FN2O3/c1-3-18-15-25(12-11-24(18)14-16-7-5-4-6-8-16)22(27)21(26)19-13-17(23)9-10-20(19)28-2/h4-10,13,18H,3,11-12,14-15H2,1-2H3. The lowest BCUT2D eigenvalue weighted by Crippen LogP contribution is -2.55. The average Bonchev–Trinajstić information content (AvgIpc) is 2.73. The molecule has 0 saturated carbocycles. The number of piperazine rings is 1. The number of benzene rings is 2. The fraction of sp³-hybridized carbons (Fsp3) is 0.364. The van der Waals surface area contributed by atoms with Crippen LogP contribution in [0.1, 0.15) is 29.3 Å². The van der Waals surface area contributed by atoms with Crippen molar-refractivity contribution >= 4 is 11.7 Å². The van der Waals surface area contributed by atoms with Gasteiger partial charge < -0.3 is 9.64 Å². The van der Waals surface area contributed by atoms with Crippen LogP contribution >= 0.6 is 0 Å². The third-order valence-corrected chi connectivity index (χ3v) is 5.19. The molecule has 28 heavy (non-hydrogen) atoms. The van der Waals surface area contributed by atoms with Crippen LogP contribution in [0.3, 0.4) is 0 Å². The van der Waals surface area contributed by atoms with Gasteiger partial charge in [-0.25, -0.2) is 4.39 Å². The molecule has 1 unspecified atom stereocenters. The number of ether oxygens (including phenoxy) is 1. The van der Waals surface area contributed by atoms with E-state index in [-0.39, 0.29) is 17.4 Å². The van der Waals surface area contributed by atoms with Gasteiger partial charge >= 0.3 is 0 Å². The van der Waals surface area contributed by atoms with Crippen LogP contribution in [-0.2, 0) is 11.3 Å². The minimum Gasteiger partial charge on any atom is -0.496 e. The van der Waals surface area contributed by atoms with Crippen LogP contribution in [0.25, 0.3) is 0 Å². The van der Waals surface area contributed by atoms with E-state index in [0.717, 1.165) is 19.0 Å². The van der Waals surface area contributed by atoms with E-state index in [4.69, 9.17) is 4.74 Å². The molecule has 6 heteroatoms. The van der Waals surface area contributed by atoms with Crippen molar-refractivity contribution in [3.8, 4) is 5.75 Å². The summed E-state index contributed by atoms with van der Waals surface area (Å²) in [6.45, 7) is 4.52. The molecular weight excluding hydrogens is 359 g/mol. The highest BCUT2D eigenvalue weighted by Gasteiger charge is 2.32. The summed E-state index contributed by atoms with van der Waals surface area (Å²) >= 11 is 0. The first-order chi connectivity index (χ1) is 13.5. The molecule has 0 N–H and O–H groups in total. The Morgan fingerprint density at radius 3 is 2.57 bits per heavy atom.